The molecule has 0 aliphatic heterocycles. The Balaban J connectivity index is 2.00. The minimum Gasteiger partial charge on any atom is -0.435 e. The van der Waals surface area contributed by atoms with Gasteiger partial charge in [-0.05, 0) is 18.2 Å². The second kappa shape index (κ2) is 4.08. The van der Waals surface area contributed by atoms with Crippen LogP contribution in [0.1, 0.15) is 0 Å². The lowest BCUT2D eigenvalue weighted by Crippen LogP contribution is -2.17. The summed E-state index contributed by atoms with van der Waals surface area (Å²) in [6, 6.07) is 8.42. The van der Waals surface area contributed by atoms with Crippen molar-refractivity contribution in [3.8, 4) is 11.6 Å². The molecule has 0 bridgehead atoms. The van der Waals surface area contributed by atoms with Crippen molar-refractivity contribution in [3.63, 3.8) is 0 Å². The zero-order valence-corrected chi connectivity index (χ0v) is 11.0. The Hall–Kier alpha value is -2.35. The lowest BCUT2D eigenvalue weighted by atomic mass is 10.3. The van der Waals surface area contributed by atoms with E-state index in [-0.39, 0.29) is 21.1 Å². The highest BCUT2D eigenvalue weighted by molar-refractivity contribution is 7.16. The molecule has 0 saturated carbocycles. The summed E-state index contributed by atoms with van der Waals surface area (Å²) in [6.07, 6.45) is -4.60. The molecule has 0 saturated heterocycles. The molecule has 0 spiro atoms. The number of rotatable bonds is 1. The van der Waals surface area contributed by atoms with Gasteiger partial charge in [0.25, 0.3) is 0 Å². The van der Waals surface area contributed by atoms with E-state index in [1.54, 1.807) is 24.3 Å². The van der Waals surface area contributed by atoms with Gasteiger partial charge in [0.15, 0.2) is 11.3 Å². The number of halogens is 3. The van der Waals surface area contributed by atoms with Crippen LogP contribution in [0.25, 0.3) is 32.9 Å². The Morgan fingerprint density at radius 1 is 1.24 bits per heavy atom. The van der Waals surface area contributed by atoms with Gasteiger partial charge in [-0.1, -0.05) is 12.1 Å². The van der Waals surface area contributed by atoms with Crippen molar-refractivity contribution >= 4 is 32.7 Å². The van der Waals surface area contributed by atoms with Gasteiger partial charge >= 0.3 is 6.30 Å². The van der Waals surface area contributed by atoms with E-state index >= 15 is 0 Å². The van der Waals surface area contributed by atoms with Crippen LogP contribution >= 0.6 is 11.3 Å². The van der Waals surface area contributed by atoms with Crippen LogP contribution in [0.15, 0.2) is 34.7 Å². The molecule has 0 atom stereocenters. The highest BCUT2D eigenvalue weighted by Gasteiger charge is 2.36. The lowest BCUT2D eigenvalue weighted by Gasteiger charge is -2.04. The molecule has 105 valence electrons. The quantitative estimate of drug-likeness (QED) is 0.530. The van der Waals surface area contributed by atoms with Crippen LogP contribution < -0.4 is 0 Å². The molecule has 8 heteroatoms. The van der Waals surface area contributed by atoms with Crippen LogP contribution in [-0.4, -0.2) is 14.8 Å². The van der Waals surface area contributed by atoms with Crippen molar-refractivity contribution in [2.75, 3.05) is 0 Å². The summed E-state index contributed by atoms with van der Waals surface area (Å²) in [6.45, 7) is 0. The lowest BCUT2D eigenvalue weighted by molar-refractivity contribution is -0.208. The number of benzene rings is 1. The van der Waals surface area contributed by atoms with Crippen LogP contribution in [0, 0.1) is 5.38 Å². The Morgan fingerprint density at radius 2 is 2.05 bits per heavy atom. The van der Waals surface area contributed by atoms with E-state index < -0.39 is 6.30 Å². The predicted octanol–water partition coefficient (Wildman–Crippen LogP) is 4.18. The SMILES string of the molecule is FC(F)(F)n1nc(-c2nc3ccccc3o2)c2c[c]sc21. The van der Waals surface area contributed by atoms with E-state index in [4.69, 9.17) is 4.42 Å². The van der Waals surface area contributed by atoms with Gasteiger partial charge in [-0.15, -0.1) is 24.5 Å². The van der Waals surface area contributed by atoms with Crippen molar-refractivity contribution in [2.45, 2.75) is 6.30 Å². The molecule has 0 amide bonds. The second-order valence-electron chi connectivity index (χ2n) is 4.30. The first-order valence-electron chi connectivity index (χ1n) is 5.86. The molecular formula is C13H5F3N3OS. The number of hydrogen-bond donors (Lipinski definition) is 0. The van der Waals surface area contributed by atoms with Crippen molar-refractivity contribution < 1.29 is 17.6 Å². The van der Waals surface area contributed by atoms with Crippen molar-refractivity contribution in [1.82, 2.24) is 14.8 Å². The summed E-state index contributed by atoms with van der Waals surface area (Å²) in [4.78, 5) is 4.16. The molecule has 4 rings (SSSR count). The van der Waals surface area contributed by atoms with Crippen molar-refractivity contribution in [2.24, 2.45) is 0 Å². The fourth-order valence-electron chi connectivity index (χ4n) is 2.09. The molecular weight excluding hydrogens is 303 g/mol. The van der Waals surface area contributed by atoms with Gasteiger partial charge in [-0.3, -0.25) is 0 Å². The topological polar surface area (TPSA) is 43.9 Å². The summed E-state index contributed by atoms with van der Waals surface area (Å²) < 4.78 is 44.4. The van der Waals surface area contributed by atoms with Crippen LogP contribution in [-0.2, 0) is 6.30 Å². The number of fused-ring (bicyclic) bond motifs is 2. The Bertz CT molecular complexity index is 917. The monoisotopic (exact) mass is 308 g/mol. The molecule has 21 heavy (non-hydrogen) atoms. The number of thiophene rings is 1. The molecule has 3 aromatic heterocycles. The van der Waals surface area contributed by atoms with Crippen molar-refractivity contribution in [1.29, 1.82) is 0 Å². The fourth-order valence-corrected chi connectivity index (χ4v) is 2.88. The van der Waals surface area contributed by atoms with Gasteiger partial charge in [0.2, 0.25) is 5.89 Å². The van der Waals surface area contributed by atoms with Gasteiger partial charge in [0.1, 0.15) is 10.3 Å². The van der Waals surface area contributed by atoms with Crippen LogP contribution in [0.2, 0.25) is 0 Å². The van der Waals surface area contributed by atoms with E-state index in [0.717, 1.165) is 11.3 Å². The minimum absolute atomic E-state index is 0.0215. The van der Waals surface area contributed by atoms with Crippen LogP contribution in [0.5, 0.6) is 0 Å². The summed E-state index contributed by atoms with van der Waals surface area (Å²) in [7, 11) is 0. The molecule has 3 heterocycles. The highest BCUT2D eigenvalue weighted by Crippen LogP contribution is 2.36. The summed E-state index contributed by atoms with van der Waals surface area (Å²) in [5.74, 6) is 0.0657. The number of oxazole rings is 1. The van der Waals surface area contributed by atoms with Gasteiger partial charge in [-0.2, -0.15) is 9.78 Å². The Labute approximate surface area is 119 Å². The van der Waals surface area contributed by atoms with E-state index in [1.165, 1.54) is 6.07 Å². The molecule has 0 fully saturated rings. The van der Waals surface area contributed by atoms with E-state index in [1.807, 2.05) is 0 Å². The number of aromatic nitrogens is 3. The maximum Gasteiger partial charge on any atom is 0.505 e. The third-order valence-corrected chi connectivity index (χ3v) is 3.80. The van der Waals surface area contributed by atoms with Gasteiger partial charge in [-0.25, -0.2) is 4.98 Å². The van der Waals surface area contributed by atoms with Crippen LogP contribution in [0.4, 0.5) is 13.2 Å². The first kappa shape index (κ1) is 12.4. The normalized spacial score (nSPS) is 12.5. The molecule has 0 N–H and O–H groups in total. The smallest absolute Gasteiger partial charge is 0.435 e. The zero-order valence-electron chi connectivity index (χ0n) is 10.2. The minimum atomic E-state index is -4.60. The molecule has 0 aliphatic rings. The van der Waals surface area contributed by atoms with Gasteiger partial charge in [0.05, 0.1) is 0 Å². The molecule has 4 nitrogen and oxygen atoms in total. The van der Waals surface area contributed by atoms with Gasteiger partial charge < -0.3 is 4.42 Å². The first-order valence-corrected chi connectivity index (χ1v) is 6.67. The summed E-state index contributed by atoms with van der Waals surface area (Å²) in [5, 5.41) is 6.62. The third-order valence-electron chi connectivity index (χ3n) is 2.97. The molecule has 1 aromatic carbocycles. The maximum absolute atomic E-state index is 13.0. The average molecular weight is 308 g/mol. The third kappa shape index (κ3) is 1.83. The van der Waals surface area contributed by atoms with Crippen molar-refractivity contribution in [3.05, 3.63) is 35.7 Å². The number of nitrogens with zero attached hydrogens (tertiary/aromatic N) is 3. The summed E-state index contributed by atoms with van der Waals surface area (Å²) in [5.41, 5.74) is 1.14. The van der Waals surface area contributed by atoms with E-state index in [9.17, 15) is 13.2 Å². The van der Waals surface area contributed by atoms with Gasteiger partial charge in [0, 0.05) is 10.8 Å². The standard InChI is InChI=1S/C13H5F3N3OS/c14-13(15,16)19-12-7(5-6-21-12)10(18-19)11-17-8-3-1-2-4-9(8)20-11/h1-5H. The molecule has 4 aromatic rings. The van der Waals surface area contributed by atoms with E-state index in [0.29, 0.717) is 16.5 Å². The Morgan fingerprint density at radius 3 is 2.81 bits per heavy atom. The average Bonchev–Trinajstić information content (AvgIpc) is 3.10. The first-order chi connectivity index (χ1) is 10.0. The zero-order chi connectivity index (χ0) is 14.6. The number of hydrogen-bond acceptors (Lipinski definition) is 4. The van der Waals surface area contributed by atoms with Crippen LogP contribution in [0.3, 0.4) is 0 Å². The Kier molecular flexibility index (Phi) is 2.41. The summed E-state index contributed by atoms with van der Waals surface area (Å²) >= 11 is 0.849. The highest BCUT2D eigenvalue weighted by atomic mass is 32.1. The molecule has 0 unspecified atom stereocenters. The molecule has 1 radical (unpaired) electrons. The number of alkyl halides is 3. The predicted molar refractivity (Wildman–Crippen MR) is 70.7 cm³/mol. The largest absolute Gasteiger partial charge is 0.505 e. The maximum atomic E-state index is 13.0. The number of para-hydroxylation sites is 2. The van der Waals surface area contributed by atoms with E-state index in [2.05, 4.69) is 15.5 Å². The molecule has 0 aliphatic carbocycles. The second-order valence-corrected chi connectivity index (χ2v) is 5.12. The fraction of sp³-hybridized carbons (Fsp3) is 0.0769.